The highest BCUT2D eigenvalue weighted by Gasteiger charge is 2.29. The standard InChI is InChI=1S/C8H14N2O2/c1-5-6(2)12-8(4-10)7(3-9)11-5/h7-8H,1-4,9-10H2. The highest BCUT2D eigenvalue weighted by Crippen LogP contribution is 2.22. The zero-order chi connectivity index (χ0) is 9.14. The lowest BCUT2D eigenvalue weighted by atomic mass is 10.1. The smallest absolute Gasteiger partial charge is 0.154 e. The van der Waals surface area contributed by atoms with E-state index in [1.54, 1.807) is 0 Å². The van der Waals surface area contributed by atoms with Crippen molar-refractivity contribution < 1.29 is 9.47 Å². The van der Waals surface area contributed by atoms with E-state index in [0.717, 1.165) is 0 Å². The van der Waals surface area contributed by atoms with E-state index in [-0.39, 0.29) is 12.2 Å². The number of hydrogen-bond acceptors (Lipinski definition) is 4. The van der Waals surface area contributed by atoms with Crippen molar-refractivity contribution in [3.8, 4) is 0 Å². The Morgan fingerprint density at radius 2 is 1.33 bits per heavy atom. The predicted molar refractivity (Wildman–Crippen MR) is 46.1 cm³/mol. The van der Waals surface area contributed by atoms with Gasteiger partial charge in [0.15, 0.2) is 11.5 Å². The van der Waals surface area contributed by atoms with Gasteiger partial charge in [-0.15, -0.1) is 0 Å². The van der Waals surface area contributed by atoms with E-state index < -0.39 is 0 Å². The van der Waals surface area contributed by atoms with Crippen LogP contribution in [0.25, 0.3) is 0 Å². The van der Waals surface area contributed by atoms with Gasteiger partial charge in [0.25, 0.3) is 0 Å². The van der Waals surface area contributed by atoms with E-state index in [4.69, 9.17) is 20.9 Å². The third-order valence-electron chi connectivity index (χ3n) is 1.78. The minimum absolute atomic E-state index is 0.201. The van der Waals surface area contributed by atoms with Gasteiger partial charge in [-0.2, -0.15) is 0 Å². The lowest BCUT2D eigenvalue weighted by Gasteiger charge is -2.33. The number of nitrogens with two attached hydrogens (primary N) is 2. The predicted octanol–water partition coefficient (Wildman–Crippen LogP) is -0.285. The Hall–Kier alpha value is -1.00. The van der Waals surface area contributed by atoms with Gasteiger partial charge >= 0.3 is 0 Å². The van der Waals surface area contributed by atoms with Gasteiger partial charge in [-0.25, -0.2) is 0 Å². The Morgan fingerprint density at radius 1 is 1.00 bits per heavy atom. The van der Waals surface area contributed by atoms with E-state index in [9.17, 15) is 0 Å². The molecule has 1 aliphatic rings. The van der Waals surface area contributed by atoms with Gasteiger partial charge in [-0.1, -0.05) is 13.2 Å². The number of hydrogen-bond donors (Lipinski definition) is 2. The first-order valence-electron chi connectivity index (χ1n) is 3.80. The van der Waals surface area contributed by atoms with Crippen LogP contribution in [-0.4, -0.2) is 25.3 Å². The molecule has 1 fully saturated rings. The van der Waals surface area contributed by atoms with Crippen LogP contribution < -0.4 is 11.5 Å². The van der Waals surface area contributed by atoms with Gasteiger partial charge in [-0.05, 0) is 0 Å². The molecule has 1 heterocycles. The van der Waals surface area contributed by atoms with E-state index >= 15 is 0 Å². The van der Waals surface area contributed by atoms with Crippen LogP contribution in [0.1, 0.15) is 0 Å². The largest absolute Gasteiger partial charge is 0.482 e. The van der Waals surface area contributed by atoms with Crippen LogP contribution >= 0.6 is 0 Å². The topological polar surface area (TPSA) is 70.5 Å². The summed E-state index contributed by atoms with van der Waals surface area (Å²) in [6.45, 7) is 7.98. The maximum absolute atomic E-state index is 5.45. The molecule has 68 valence electrons. The summed E-state index contributed by atoms with van der Waals surface area (Å²) in [5.41, 5.74) is 10.9. The van der Waals surface area contributed by atoms with Crippen LogP contribution in [0.5, 0.6) is 0 Å². The van der Waals surface area contributed by atoms with Crippen molar-refractivity contribution in [2.45, 2.75) is 12.2 Å². The van der Waals surface area contributed by atoms with Crippen molar-refractivity contribution in [1.29, 1.82) is 0 Å². The first-order valence-corrected chi connectivity index (χ1v) is 3.80. The second-order valence-corrected chi connectivity index (χ2v) is 2.63. The molecule has 0 aliphatic carbocycles. The lowest BCUT2D eigenvalue weighted by molar-refractivity contribution is -0.0564. The number of ether oxygens (including phenoxy) is 2. The zero-order valence-corrected chi connectivity index (χ0v) is 6.95. The molecule has 0 amide bonds. The van der Waals surface area contributed by atoms with Crippen molar-refractivity contribution in [2.75, 3.05) is 13.1 Å². The summed E-state index contributed by atoms with van der Waals surface area (Å²) >= 11 is 0. The third-order valence-corrected chi connectivity index (χ3v) is 1.78. The average molecular weight is 170 g/mol. The van der Waals surface area contributed by atoms with E-state index in [0.29, 0.717) is 24.6 Å². The van der Waals surface area contributed by atoms with Crippen LogP contribution in [0.4, 0.5) is 0 Å². The molecule has 1 rings (SSSR count). The zero-order valence-electron chi connectivity index (χ0n) is 6.95. The molecule has 0 spiro atoms. The molecular weight excluding hydrogens is 156 g/mol. The van der Waals surface area contributed by atoms with E-state index in [1.165, 1.54) is 0 Å². The Bertz CT molecular complexity index is 181. The lowest BCUT2D eigenvalue weighted by Crippen LogP contribution is -2.45. The highest BCUT2D eigenvalue weighted by molar-refractivity contribution is 5.16. The fourth-order valence-electron chi connectivity index (χ4n) is 1.05. The summed E-state index contributed by atoms with van der Waals surface area (Å²) in [6.07, 6.45) is -0.402. The first-order chi connectivity index (χ1) is 5.69. The number of rotatable bonds is 2. The van der Waals surface area contributed by atoms with Crippen molar-refractivity contribution in [2.24, 2.45) is 11.5 Å². The van der Waals surface area contributed by atoms with Gasteiger partial charge < -0.3 is 20.9 Å². The highest BCUT2D eigenvalue weighted by atomic mass is 16.6. The molecule has 0 aromatic carbocycles. The fraction of sp³-hybridized carbons (Fsp3) is 0.500. The summed E-state index contributed by atoms with van der Waals surface area (Å²) in [5.74, 6) is 0.880. The van der Waals surface area contributed by atoms with Crippen LogP contribution in [-0.2, 0) is 9.47 Å². The summed E-state index contributed by atoms with van der Waals surface area (Å²) < 4.78 is 10.7. The summed E-state index contributed by atoms with van der Waals surface area (Å²) in [7, 11) is 0. The van der Waals surface area contributed by atoms with Gasteiger partial charge in [0.1, 0.15) is 12.2 Å². The molecular formula is C8H14N2O2. The second kappa shape index (κ2) is 3.60. The molecule has 12 heavy (non-hydrogen) atoms. The molecule has 1 saturated heterocycles. The van der Waals surface area contributed by atoms with E-state index in [2.05, 4.69) is 13.2 Å². The van der Waals surface area contributed by atoms with Crippen LogP contribution in [0.3, 0.4) is 0 Å². The summed E-state index contributed by atoms with van der Waals surface area (Å²) in [5, 5.41) is 0. The van der Waals surface area contributed by atoms with Crippen molar-refractivity contribution in [3.63, 3.8) is 0 Å². The van der Waals surface area contributed by atoms with Crippen LogP contribution in [0.15, 0.2) is 24.7 Å². The van der Waals surface area contributed by atoms with Crippen LogP contribution in [0, 0.1) is 0 Å². The minimum Gasteiger partial charge on any atom is -0.482 e. The normalized spacial score (nSPS) is 29.5. The molecule has 4 N–H and O–H groups in total. The Kier molecular flexibility index (Phi) is 2.73. The maximum atomic E-state index is 5.45. The fourth-order valence-corrected chi connectivity index (χ4v) is 1.05. The van der Waals surface area contributed by atoms with Gasteiger partial charge in [0, 0.05) is 13.1 Å². The third kappa shape index (κ3) is 1.60. The average Bonchev–Trinajstić information content (AvgIpc) is 2.09. The molecule has 4 nitrogen and oxygen atoms in total. The molecule has 1 aliphatic heterocycles. The summed E-state index contributed by atoms with van der Waals surface area (Å²) in [6, 6.07) is 0. The molecule has 0 radical (unpaired) electrons. The van der Waals surface area contributed by atoms with Crippen LogP contribution in [0.2, 0.25) is 0 Å². The molecule has 0 bridgehead atoms. The summed E-state index contributed by atoms with van der Waals surface area (Å²) in [4.78, 5) is 0. The quantitative estimate of drug-likeness (QED) is 0.597. The van der Waals surface area contributed by atoms with E-state index in [1.807, 2.05) is 0 Å². The monoisotopic (exact) mass is 170 g/mol. The van der Waals surface area contributed by atoms with Crippen molar-refractivity contribution >= 4 is 0 Å². The molecule has 2 unspecified atom stereocenters. The SMILES string of the molecule is C=C1OC(CN)C(CN)OC1=C. The molecule has 0 aromatic rings. The van der Waals surface area contributed by atoms with Crippen molar-refractivity contribution in [3.05, 3.63) is 24.7 Å². The molecule has 4 heteroatoms. The Labute approximate surface area is 71.8 Å². The second-order valence-electron chi connectivity index (χ2n) is 2.63. The maximum Gasteiger partial charge on any atom is 0.154 e. The molecule has 2 atom stereocenters. The Balaban J connectivity index is 2.64. The first kappa shape index (κ1) is 9.09. The Morgan fingerprint density at radius 3 is 1.58 bits per heavy atom. The molecule has 0 aromatic heterocycles. The van der Waals surface area contributed by atoms with Gasteiger partial charge in [0.2, 0.25) is 0 Å². The molecule has 0 saturated carbocycles. The van der Waals surface area contributed by atoms with Gasteiger partial charge in [0.05, 0.1) is 0 Å². The van der Waals surface area contributed by atoms with Gasteiger partial charge in [-0.3, -0.25) is 0 Å². The van der Waals surface area contributed by atoms with Crippen molar-refractivity contribution in [1.82, 2.24) is 0 Å². The minimum atomic E-state index is -0.201.